The molecular formula is C14H13ClN2O2. The van der Waals surface area contributed by atoms with Crippen molar-refractivity contribution in [2.75, 3.05) is 13.1 Å². The number of hydrogen-bond donors (Lipinski definition) is 1. The molecule has 98 valence electrons. The first-order chi connectivity index (χ1) is 9.15. The van der Waals surface area contributed by atoms with Gasteiger partial charge in [0.25, 0.3) is 5.91 Å². The number of carbonyl (C=O) groups is 1. The summed E-state index contributed by atoms with van der Waals surface area (Å²) in [7, 11) is 0. The molecule has 1 amide bonds. The lowest BCUT2D eigenvalue weighted by Gasteiger charge is -2.16. The quantitative estimate of drug-likeness (QED) is 0.868. The zero-order valence-electron chi connectivity index (χ0n) is 10.2. The first-order valence-electron chi connectivity index (χ1n) is 6.17. The Morgan fingerprint density at radius 3 is 3.05 bits per heavy atom. The minimum Gasteiger partial charge on any atom is -0.391 e. The van der Waals surface area contributed by atoms with E-state index >= 15 is 0 Å². The number of pyridine rings is 1. The second-order valence-corrected chi connectivity index (χ2v) is 5.16. The van der Waals surface area contributed by atoms with Crippen LogP contribution in [-0.2, 0) is 0 Å². The van der Waals surface area contributed by atoms with Crippen LogP contribution in [0.1, 0.15) is 16.8 Å². The maximum Gasteiger partial charge on any atom is 0.256 e. The lowest BCUT2D eigenvalue weighted by atomic mass is 10.1. The van der Waals surface area contributed by atoms with E-state index in [1.807, 2.05) is 12.1 Å². The average Bonchev–Trinajstić information content (AvgIpc) is 2.83. The van der Waals surface area contributed by atoms with E-state index in [2.05, 4.69) is 4.98 Å². The molecule has 1 saturated heterocycles. The van der Waals surface area contributed by atoms with Crippen LogP contribution in [-0.4, -0.2) is 40.1 Å². The number of aromatic nitrogens is 1. The number of nitrogens with zero attached hydrogens (tertiary/aromatic N) is 2. The van der Waals surface area contributed by atoms with Gasteiger partial charge in [0.1, 0.15) is 0 Å². The zero-order valence-corrected chi connectivity index (χ0v) is 11.0. The molecule has 5 heteroatoms. The molecule has 1 fully saturated rings. The SMILES string of the molecule is O=C(c1cc(Cl)cc2cccnc12)N1CC[C@@H](O)C1. The second-order valence-electron chi connectivity index (χ2n) is 4.72. The summed E-state index contributed by atoms with van der Waals surface area (Å²) in [5.41, 5.74) is 1.15. The topological polar surface area (TPSA) is 53.4 Å². The lowest BCUT2D eigenvalue weighted by molar-refractivity contribution is 0.0766. The Balaban J connectivity index is 2.06. The average molecular weight is 277 g/mol. The number of carbonyl (C=O) groups excluding carboxylic acids is 1. The van der Waals surface area contributed by atoms with Crippen molar-refractivity contribution in [2.45, 2.75) is 12.5 Å². The largest absolute Gasteiger partial charge is 0.391 e. The minimum atomic E-state index is -0.428. The van der Waals surface area contributed by atoms with E-state index in [0.717, 1.165) is 5.39 Å². The fourth-order valence-corrected chi connectivity index (χ4v) is 2.64. The molecule has 1 aromatic carbocycles. The molecule has 2 heterocycles. The van der Waals surface area contributed by atoms with Gasteiger partial charge in [0.2, 0.25) is 0 Å². The van der Waals surface area contributed by atoms with Gasteiger partial charge in [-0.3, -0.25) is 9.78 Å². The van der Waals surface area contributed by atoms with Crippen molar-refractivity contribution in [2.24, 2.45) is 0 Å². The number of β-amino-alcohol motifs (C(OH)–C–C–N with tert-alkyl or cyclic N) is 1. The number of amides is 1. The molecule has 0 saturated carbocycles. The summed E-state index contributed by atoms with van der Waals surface area (Å²) in [4.78, 5) is 18.4. The molecule has 1 aliphatic heterocycles. The summed E-state index contributed by atoms with van der Waals surface area (Å²) >= 11 is 6.06. The van der Waals surface area contributed by atoms with Gasteiger partial charge in [0.05, 0.1) is 17.2 Å². The highest BCUT2D eigenvalue weighted by atomic mass is 35.5. The van der Waals surface area contributed by atoms with Crippen LogP contribution in [0.15, 0.2) is 30.5 Å². The number of rotatable bonds is 1. The number of aliphatic hydroxyl groups is 1. The third-order valence-electron chi connectivity index (χ3n) is 3.35. The molecule has 1 atom stereocenters. The molecule has 0 radical (unpaired) electrons. The number of benzene rings is 1. The van der Waals surface area contributed by atoms with Crippen molar-refractivity contribution < 1.29 is 9.90 Å². The van der Waals surface area contributed by atoms with Crippen molar-refractivity contribution >= 4 is 28.4 Å². The third kappa shape index (κ3) is 2.29. The predicted molar refractivity (Wildman–Crippen MR) is 73.3 cm³/mol. The van der Waals surface area contributed by atoms with Crippen LogP contribution in [0, 0.1) is 0 Å². The van der Waals surface area contributed by atoms with Gasteiger partial charge in [0, 0.05) is 29.7 Å². The molecule has 1 aliphatic rings. The molecular weight excluding hydrogens is 264 g/mol. The van der Waals surface area contributed by atoms with Crippen LogP contribution in [0.5, 0.6) is 0 Å². The molecule has 19 heavy (non-hydrogen) atoms. The van der Waals surface area contributed by atoms with Gasteiger partial charge in [-0.25, -0.2) is 0 Å². The first kappa shape index (κ1) is 12.4. The summed E-state index contributed by atoms with van der Waals surface area (Å²) in [6.07, 6.45) is 1.85. The molecule has 0 unspecified atom stereocenters. The molecule has 3 rings (SSSR count). The van der Waals surface area contributed by atoms with Gasteiger partial charge in [-0.15, -0.1) is 0 Å². The zero-order chi connectivity index (χ0) is 13.4. The fourth-order valence-electron chi connectivity index (χ4n) is 2.42. The summed E-state index contributed by atoms with van der Waals surface area (Å²) < 4.78 is 0. The van der Waals surface area contributed by atoms with Crippen LogP contribution >= 0.6 is 11.6 Å². The van der Waals surface area contributed by atoms with E-state index in [-0.39, 0.29) is 5.91 Å². The Morgan fingerprint density at radius 1 is 1.47 bits per heavy atom. The highest BCUT2D eigenvalue weighted by Gasteiger charge is 2.26. The van der Waals surface area contributed by atoms with Gasteiger partial charge < -0.3 is 10.0 Å². The lowest BCUT2D eigenvalue weighted by Crippen LogP contribution is -2.29. The molecule has 4 nitrogen and oxygen atoms in total. The number of aliphatic hydroxyl groups excluding tert-OH is 1. The predicted octanol–water partition coefficient (Wildman–Crippen LogP) is 2.09. The van der Waals surface area contributed by atoms with Gasteiger partial charge >= 0.3 is 0 Å². The Labute approximate surface area is 115 Å². The Morgan fingerprint density at radius 2 is 2.32 bits per heavy atom. The van der Waals surface area contributed by atoms with Crippen molar-refractivity contribution in [3.8, 4) is 0 Å². The van der Waals surface area contributed by atoms with E-state index in [1.165, 1.54) is 0 Å². The molecule has 0 spiro atoms. The van der Waals surface area contributed by atoms with Crippen molar-refractivity contribution in [1.29, 1.82) is 0 Å². The van der Waals surface area contributed by atoms with Crippen LogP contribution in [0.3, 0.4) is 0 Å². The molecule has 1 N–H and O–H groups in total. The second kappa shape index (κ2) is 4.79. The fraction of sp³-hybridized carbons (Fsp3) is 0.286. The van der Waals surface area contributed by atoms with Gasteiger partial charge in [-0.2, -0.15) is 0 Å². The standard InChI is InChI=1S/C14H13ClN2O2/c15-10-6-9-2-1-4-16-13(9)12(7-10)14(19)17-5-3-11(18)8-17/h1-2,4,6-7,11,18H,3,5,8H2/t11-/m1/s1. The summed E-state index contributed by atoms with van der Waals surface area (Å²) in [6.45, 7) is 0.945. The molecule has 2 aromatic rings. The number of halogens is 1. The summed E-state index contributed by atoms with van der Waals surface area (Å²) in [5.74, 6) is -0.122. The molecule has 0 aliphatic carbocycles. The van der Waals surface area contributed by atoms with Gasteiger partial charge in [-0.05, 0) is 24.6 Å². The normalized spacial score (nSPS) is 19.1. The van der Waals surface area contributed by atoms with E-state index < -0.39 is 6.10 Å². The van der Waals surface area contributed by atoms with Crippen LogP contribution in [0.25, 0.3) is 10.9 Å². The maximum atomic E-state index is 12.5. The third-order valence-corrected chi connectivity index (χ3v) is 3.57. The van der Waals surface area contributed by atoms with Crippen molar-refractivity contribution in [3.63, 3.8) is 0 Å². The van der Waals surface area contributed by atoms with E-state index in [1.54, 1.807) is 23.2 Å². The van der Waals surface area contributed by atoms with Gasteiger partial charge in [-0.1, -0.05) is 17.7 Å². The summed E-state index contributed by atoms with van der Waals surface area (Å²) in [5, 5.41) is 10.9. The first-order valence-corrected chi connectivity index (χ1v) is 6.54. The highest BCUT2D eigenvalue weighted by Crippen LogP contribution is 2.24. The summed E-state index contributed by atoms with van der Waals surface area (Å²) in [6, 6.07) is 7.12. The molecule has 0 bridgehead atoms. The minimum absolute atomic E-state index is 0.122. The van der Waals surface area contributed by atoms with Crippen LogP contribution < -0.4 is 0 Å². The van der Waals surface area contributed by atoms with E-state index in [4.69, 9.17) is 11.6 Å². The maximum absolute atomic E-state index is 12.5. The van der Waals surface area contributed by atoms with Crippen LogP contribution in [0.4, 0.5) is 0 Å². The van der Waals surface area contributed by atoms with Crippen LogP contribution in [0.2, 0.25) is 5.02 Å². The highest BCUT2D eigenvalue weighted by molar-refractivity contribution is 6.32. The monoisotopic (exact) mass is 276 g/mol. The Hall–Kier alpha value is -1.65. The smallest absolute Gasteiger partial charge is 0.256 e. The number of fused-ring (bicyclic) bond motifs is 1. The van der Waals surface area contributed by atoms with Gasteiger partial charge in [0.15, 0.2) is 0 Å². The Bertz CT molecular complexity index is 644. The Kier molecular flexibility index (Phi) is 3.12. The van der Waals surface area contributed by atoms with Crippen molar-refractivity contribution in [1.82, 2.24) is 9.88 Å². The molecule has 1 aromatic heterocycles. The van der Waals surface area contributed by atoms with E-state index in [0.29, 0.717) is 35.6 Å². The number of hydrogen-bond acceptors (Lipinski definition) is 3. The van der Waals surface area contributed by atoms with E-state index in [9.17, 15) is 9.90 Å². The van der Waals surface area contributed by atoms with Crippen molar-refractivity contribution in [3.05, 3.63) is 41.0 Å². The number of likely N-dealkylation sites (tertiary alicyclic amines) is 1.